The van der Waals surface area contributed by atoms with Crippen molar-refractivity contribution < 1.29 is 0 Å². The minimum Gasteiger partial charge on any atom is -0.115 e. The van der Waals surface area contributed by atoms with Crippen molar-refractivity contribution in [3.63, 3.8) is 0 Å². The van der Waals surface area contributed by atoms with Crippen molar-refractivity contribution in [1.29, 1.82) is 0 Å². The average Bonchev–Trinajstić information content (AvgIpc) is 1.99. The molecule has 1 heteroatoms. The summed E-state index contributed by atoms with van der Waals surface area (Å²) >= 11 is 1.88. The summed E-state index contributed by atoms with van der Waals surface area (Å²) in [5.74, 6) is 0. The standard InChI is InChI=1S/C14H20S/c1-10(2)14(5,6)15-13-8-11(3)7-12(4)9-13/h7-9H,1H2,2-6H3. The zero-order valence-corrected chi connectivity index (χ0v) is 11.2. The van der Waals surface area contributed by atoms with Crippen molar-refractivity contribution in [2.75, 3.05) is 0 Å². The lowest BCUT2D eigenvalue weighted by Crippen LogP contribution is -2.15. The molecule has 15 heavy (non-hydrogen) atoms. The second-order valence-electron chi connectivity index (χ2n) is 4.72. The predicted octanol–water partition coefficient (Wildman–Crippen LogP) is 4.75. The third kappa shape index (κ3) is 3.42. The molecule has 0 N–H and O–H groups in total. The Hall–Kier alpha value is -0.690. The van der Waals surface area contributed by atoms with Crippen LogP contribution < -0.4 is 0 Å². The van der Waals surface area contributed by atoms with Crippen LogP contribution in [-0.4, -0.2) is 4.75 Å². The second kappa shape index (κ2) is 4.44. The van der Waals surface area contributed by atoms with Gasteiger partial charge in [0, 0.05) is 9.64 Å². The van der Waals surface area contributed by atoms with Crippen molar-refractivity contribution in [3.8, 4) is 0 Å². The van der Waals surface area contributed by atoms with Crippen LogP contribution in [0, 0.1) is 13.8 Å². The Balaban J connectivity index is 2.94. The fourth-order valence-electron chi connectivity index (χ4n) is 1.37. The van der Waals surface area contributed by atoms with Crippen LogP contribution in [0.3, 0.4) is 0 Å². The van der Waals surface area contributed by atoms with Gasteiger partial charge in [-0.05, 0) is 57.9 Å². The predicted molar refractivity (Wildman–Crippen MR) is 70.7 cm³/mol. The Labute approximate surface area is 97.8 Å². The highest BCUT2D eigenvalue weighted by Gasteiger charge is 2.20. The van der Waals surface area contributed by atoms with E-state index in [9.17, 15) is 0 Å². The molecule has 0 aliphatic rings. The number of aryl methyl sites for hydroxylation is 2. The van der Waals surface area contributed by atoms with E-state index in [0.717, 1.165) is 0 Å². The molecule has 0 spiro atoms. The van der Waals surface area contributed by atoms with Gasteiger partial charge in [0.1, 0.15) is 0 Å². The first-order valence-corrected chi connectivity index (χ1v) is 6.06. The van der Waals surface area contributed by atoms with Crippen LogP contribution in [0.2, 0.25) is 0 Å². The van der Waals surface area contributed by atoms with Crippen LogP contribution in [0.25, 0.3) is 0 Å². The number of hydrogen-bond donors (Lipinski definition) is 0. The number of rotatable bonds is 3. The van der Waals surface area contributed by atoms with Gasteiger partial charge < -0.3 is 0 Å². The van der Waals surface area contributed by atoms with Gasteiger partial charge in [0.05, 0.1) is 0 Å². The van der Waals surface area contributed by atoms with Crippen molar-refractivity contribution in [2.45, 2.75) is 44.3 Å². The van der Waals surface area contributed by atoms with Crippen molar-refractivity contribution in [3.05, 3.63) is 41.5 Å². The Bertz CT molecular complexity index is 355. The Kier molecular flexibility index (Phi) is 3.67. The molecule has 0 fully saturated rings. The number of hydrogen-bond acceptors (Lipinski definition) is 1. The van der Waals surface area contributed by atoms with Gasteiger partial charge in [-0.3, -0.25) is 0 Å². The normalized spacial score (nSPS) is 11.5. The SMILES string of the molecule is C=C(C)C(C)(C)Sc1cc(C)cc(C)c1. The molecule has 0 saturated carbocycles. The van der Waals surface area contributed by atoms with E-state index in [4.69, 9.17) is 0 Å². The van der Waals surface area contributed by atoms with Crippen LogP contribution in [-0.2, 0) is 0 Å². The highest BCUT2D eigenvalue weighted by Crippen LogP contribution is 2.37. The summed E-state index contributed by atoms with van der Waals surface area (Å²) in [6, 6.07) is 6.68. The fraction of sp³-hybridized carbons (Fsp3) is 0.429. The van der Waals surface area contributed by atoms with Crippen molar-refractivity contribution in [2.24, 2.45) is 0 Å². The van der Waals surface area contributed by atoms with E-state index in [0.29, 0.717) is 0 Å². The summed E-state index contributed by atoms with van der Waals surface area (Å²) in [6.45, 7) is 14.9. The van der Waals surface area contributed by atoms with E-state index in [-0.39, 0.29) is 4.75 Å². The highest BCUT2D eigenvalue weighted by atomic mass is 32.2. The number of thioether (sulfide) groups is 1. The lowest BCUT2D eigenvalue weighted by Gasteiger charge is -2.24. The Morgan fingerprint density at radius 2 is 1.60 bits per heavy atom. The van der Waals surface area contributed by atoms with Gasteiger partial charge in [-0.1, -0.05) is 18.2 Å². The van der Waals surface area contributed by atoms with Gasteiger partial charge in [0.2, 0.25) is 0 Å². The molecular formula is C14H20S. The Morgan fingerprint density at radius 3 is 2.00 bits per heavy atom. The molecule has 0 aliphatic heterocycles. The molecule has 0 bridgehead atoms. The average molecular weight is 220 g/mol. The summed E-state index contributed by atoms with van der Waals surface area (Å²) in [5, 5.41) is 0. The minimum absolute atomic E-state index is 0.111. The zero-order chi connectivity index (χ0) is 11.6. The molecule has 0 nitrogen and oxygen atoms in total. The lowest BCUT2D eigenvalue weighted by atomic mass is 10.1. The third-order valence-corrected chi connectivity index (χ3v) is 3.93. The maximum atomic E-state index is 4.05. The van der Waals surface area contributed by atoms with Crippen molar-refractivity contribution >= 4 is 11.8 Å². The molecule has 0 atom stereocenters. The number of benzene rings is 1. The van der Waals surface area contributed by atoms with Gasteiger partial charge in [-0.2, -0.15) is 0 Å². The van der Waals surface area contributed by atoms with Gasteiger partial charge in [-0.15, -0.1) is 11.8 Å². The molecule has 1 rings (SSSR count). The first kappa shape index (κ1) is 12.4. The molecule has 82 valence electrons. The topological polar surface area (TPSA) is 0 Å². The molecule has 0 unspecified atom stereocenters. The first-order valence-electron chi connectivity index (χ1n) is 5.24. The Morgan fingerprint density at radius 1 is 1.13 bits per heavy atom. The summed E-state index contributed by atoms with van der Waals surface area (Å²) in [4.78, 5) is 1.33. The van der Waals surface area contributed by atoms with Gasteiger partial charge in [-0.25, -0.2) is 0 Å². The summed E-state index contributed by atoms with van der Waals surface area (Å²) < 4.78 is 0.111. The molecule has 0 saturated heterocycles. The molecule has 1 aromatic carbocycles. The zero-order valence-electron chi connectivity index (χ0n) is 10.3. The van der Waals surface area contributed by atoms with Crippen LogP contribution >= 0.6 is 11.8 Å². The summed E-state index contributed by atoms with van der Waals surface area (Å²) in [6.07, 6.45) is 0. The lowest BCUT2D eigenvalue weighted by molar-refractivity contribution is 0.836. The second-order valence-corrected chi connectivity index (χ2v) is 6.41. The highest BCUT2D eigenvalue weighted by molar-refractivity contribution is 8.00. The molecular weight excluding hydrogens is 200 g/mol. The van der Waals surface area contributed by atoms with E-state index in [1.54, 1.807) is 0 Å². The van der Waals surface area contributed by atoms with Crippen LogP contribution in [0.4, 0.5) is 0 Å². The van der Waals surface area contributed by atoms with E-state index in [1.807, 2.05) is 11.8 Å². The minimum atomic E-state index is 0.111. The van der Waals surface area contributed by atoms with Crippen LogP contribution in [0.1, 0.15) is 31.9 Å². The fourth-order valence-corrected chi connectivity index (χ4v) is 2.63. The van der Waals surface area contributed by atoms with E-state index < -0.39 is 0 Å². The molecule has 0 heterocycles. The van der Waals surface area contributed by atoms with Gasteiger partial charge in [0.25, 0.3) is 0 Å². The largest absolute Gasteiger partial charge is 0.115 e. The van der Waals surface area contributed by atoms with E-state index >= 15 is 0 Å². The molecule has 0 radical (unpaired) electrons. The molecule has 1 aromatic rings. The summed E-state index contributed by atoms with van der Waals surface area (Å²) in [7, 11) is 0. The van der Waals surface area contributed by atoms with Gasteiger partial charge in [0.15, 0.2) is 0 Å². The quantitative estimate of drug-likeness (QED) is 0.523. The molecule has 0 aliphatic carbocycles. The van der Waals surface area contributed by atoms with E-state index in [2.05, 4.69) is 59.4 Å². The first-order chi connectivity index (χ1) is 6.81. The van der Waals surface area contributed by atoms with Crippen LogP contribution in [0.15, 0.2) is 35.2 Å². The van der Waals surface area contributed by atoms with Gasteiger partial charge >= 0.3 is 0 Å². The smallest absolute Gasteiger partial charge is 0.0353 e. The summed E-state index contributed by atoms with van der Waals surface area (Å²) in [5.41, 5.74) is 3.87. The maximum Gasteiger partial charge on any atom is 0.0353 e. The third-order valence-electron chi connectivity index (χ3n) is 2.60. The van der Waals surface area contributed by atoms with E-state index in [1.165, 1.54) is 21.6 Å². The van der Waals surface area contributed by atoms with Crippen LogP contribution in [0.5, 0.6) is 0 Å². The maximum absolute atomic E-state index is 4.05. The molecule has 0 amide bonds. The molecule has 0 aromatic heterocycles. The van der Waals surface area contributed by atoms with Crippen molar-refractivity contribution in [1.82, 2.24) is 0 Å². The monoisotopic (exact) mass is 220 g/mol.